The molecule has 0 amide bonds. The van der Waals surface area contributed by atoms with Crippen molar-refractivity contribution < 1.29 is 23.8 Å². The minimum Gasteiger partial charge on any atom is -0.490 e. The predicted octanol–water partition coefficient (Wildman–Crippen LogP) is 2.65. The second-order valence-electron chi connectivity index (χ2n) is 4.96. The highest BCUT2D eigenvalue weighted by Crippen LogP contribution is 2.30. The molecule has 0 spiro atoms. The first-order chi connectivity index (χ1) is 11.1. The Morgan fingerprint density at radius 3 is 2.78 bits per heavy atom. The number of esters is 1. The third-order valence-electron chi connectivity index (χ3n) is 3.23. The third-order valence-corrected chi connectivity index (χ3v) is 4.01. The van der Waals surface area contributed by atoms with Gasteiger partial charge < -0.3 is 14.2 Å². The Labute approximate surface area is 137 Å². The van der Waals surface area contributed by atoms with Crippen LogP contribution in [-0.4, -0.2) is 36.6 Å². The van der Waals surface area contributed by atoms with Gasteiger partial charge in [-0.05, 0) is 25.1 Å². The molecule has 0 atom stereocenters. The van der Waals surface area contributed by atoms with Crippen LogP contribution in [0.5, 0.6) is 11.5 Å². The van der Waals surface area contributed by atoms with E-state index in [-0.39, 0.29) is 18.1 Å². The SMILES string of the molecule is Cc1nc(C(=O)OCC(=O)c2ccc3c(c2)OCCCO3)cs1. The molecule has 1 aliphatic heterocycles. The molecule has 0 bridgehead atoms. The van der Waals surface area contributed by atoms with E-state index in [2.05, 4.69) is 4.98 Å². The number of aromatic nitrogens is 1. The summed E-state index contributed by atoms with van der Waals surface area (Å²) in [6.45, 7) is 2.59. The van der Waals surface area contributed by atoms with E-state index >= 15 is 0 Å². The van der Waals surface area contributed by atoms with Gasteiger partial charge in [0, 0.05) is 17.4 Å². The normalized spacial score (nSPS) is 13.3. The number of ketones is 1. The lowest BCUT2D eigenvalue weighted by Gasteiger charge is -2.09. The zero-order valence-corrected chi connectivity index (χ0v) is 13.4. The zero-order valence-electron chi connectivity index (χ0n) is 12.5. The molecule has 0 fully saturated rings. The molecule has 0 saturated carbocycles. The summed E-state index contributed by atoms with van der Waals surface area (Å²) >= 11 is 1.35. The number of carbonyl (C=O) groups is 2. The van der Waals surface area contributed by atoms with Gasteiger partial charge in [-0.2, -0.15) is 0 Å². The maximum Gasteiger partial charge on any atom is 0.358 e. The lowest BCUT2D eigenvalue weighted by Crippen LogP contribution is -2.14. The Bertz CT molecular complexity index is 740. The summed E-state index contributed by atoms with van der Waals surface area (Å²) in [6.07, 6.45) is 0.794. The van der Waals surface area contributed by atoms with Crippen molar-refractivity contribution in [1.82, 2.24) is 4.98 Å². The number of fused-ring (bicyclic) bond motifs is 1. The van der Waals surface area contributed by atoms with Crippen molar-refractivity contribution >= 4 is 23.1 Å². The fourth-order valence-electron chi connectivity index (χ4n) is 2.08. The van der Waals surface area contributed by atoms with Crippen molar-refractivity contribution in [2.75, 3.05) is 19.8 Å². The van der Waals surface area contributed by atoms with Crippen molar-refractivity contribution in [2.24, 2.45) is 0 Å². The lowest BCUT2D eigenvalue weighted by atomic mass is 10.1. The highest BCUT2D eigenvalue weighted by Gasteiger charge is 2.17. The van der Waals surface area contributed by atoms with Crippen molar-refractivity contribution in [2.45, 2.75) is 13.3 Å². The van der Waals surface area contributed by atoms with Gasteiger partial charge in [0.05, 0.1) is 18.2 Å². The molecule has 1 aromatic heterocycles. The van der Waals surface area contributed by atoms with Crippen LogP contribution < -0.4 is 9.47 Å². The Hall–Kier alpha value is -2.41. The molecule has 0 aliphatic carbocycles. The van der Waals surface area contributed by atoms with Gasteiger partial charge in [0.25, 0.3) is 0 Å². The van der Waals surface area contributed by atoms with Gasteiger partial charge in [-0.15, -0.1) is 11.3 Å². The van der Waals surface area contributed by atoms with E-state index in [1.54, 1.807) is 30.5 Å². The minimum atomic E-state index is -0.600. The summed E-state index contributed by atoms with van der Waals surface area (Å²) in [5, 5.41) is 2.38. The van der Waals surface area contributed by atoms with Crippen LogP contribution in [0.2, 0.25) is 0 Å². The number of hydrogen-bond donors (Lipinski definition) is 0. The molecule has 23 heavy (non-hydrogen) atoms. The molecular formula is C16H15NO5S. The van der Waals surface area contributed by atoms with Gasteiger partial charge in [-0.25, -0.2) is 9.78 Å². The highest BCUT2D eigenvalue weighted by molar-refractivity contribution is 7.09. The second kappa shape index (κ2) is 6.78. The number of nitrogens with zero attached hydrogens (tertiary/aromatic N) is 1. The van der Waals surface area contributed by atoms with E-state index in [9.17, 15) is 9.59 Å². The Kier molecular flexibility index (Phi) is 4.57. The van der Waals surface area contributed by atoms with Gasteiger partial charge in [0.2, 0.25) is 0 Å². The van der Waals surface area contributed by atoms with E-state index in [0.717, 1.165) is 11.4 Å². The molecule has 2 heterocycles. The number of thiazole rings is 1. The summed E-state index contributed by atoms with van der Waals surface area (Å²) in [5.41, 5.74) is 0.635. The van der Waals surface area contributed by atoms with Crippen LogP contribution in [0.1, 0.15) is 32.3 Å². The Morgan fingerprint density at radius 1 is 1.26 bits per heavy atom. The van der Waals surface area contributed by atoms with Crippen molar-refractivity contribution in [3.63, 3.8) is 0 Å². The van der Waals surface area contributed by atoms with Crippen molar-refractivity contribution in [3.8, 4) is 11.5 Å². The number of ether oxygens (including phenoxy) is 3. The van der Waals surface area contributed by atoms with Gasteiger partial charge >= 0.3 is 5.97 Å². The topological polar surface area (TPSA) is 74.7 Å². The smallest absolute Gasteiger partial charge is 0.358 e. The van der Waals surface area contributed by atoms with Crippen LogP contribution in [0, 0.1) is 6.92 Å². The molecule has 2 aromatic rings. The summed E-state index contributed by atoms with van der Waals surface area (Å²) in [5.74, 6) is 0.252. The molecule has 1 aliphatic rings. The first kappa shape index (κ1) is 15.5. The van der Waals surface area contributed by atoms with Crippen LogP contribution >= 0.6 is 11.3 Å². The maximum absolute atomic E-state index is 12.2. The monoisotopic (exact) mass is 333 g/mol. The first-order valence-electron chi connectivity index (χ1n) is 7.15. The fraction of sp³-hybridized carbons (Fsp3) is 0.312. The van der Waals surface area contributed by atoms with E-state index in [1.165, 1.54) is 11.3 Å². The Balaban J connectivity index is 1.64. The quantitative estimate of drug-likeness (QED) is 0.632. The van der Waals surface area contributed by atoms with Crippen LogP contribution in [-0.2, 0) is 4.74 Å². The van der Waals surface area contributed by atoms with Crippen LogP contribution in [0.4, 0.5) is 0 Å². The molecule has 1 aromatic carbocycles. The van der Waals surface area contributed by atoms with E-state index in [0.29, 0.717) is 30.3 Å². The number of carbonyl (C=O) groups excluding carboxylic acids is 2. The standard InChI is InChI=1S/C16H15NO5S/c1-10-17-12(9-23-10)16(19)22-8-13(18)11-3-4-14-15(7-11)21-6-2-5-20-14/h3-4,7,9H,2,5-6,8H2,1H3. The van der Waals surface area contributed by atoms with Crippen LogP contribution in [0.3, 0.4) is 0 Å². The number of benzene rings is 1. The largest absolute Gasteiger partial charge is 0.490 e. The summed E-state index contributed by atoms with van der Waals surface area (Å²) in [6, 6.07) is 4.94. The predicted molar refractivity (Wildman–Crippen MR) is 83.5 cm³/mol. The maximum atomic E-state index is 12.2. The molecule has 0 unspecified atom stereocenters. The van der Waals surface area contributed by atoms with E-state index in [4.69, 9.17) is 14.2 Å². The Morgan fingerprint density at radius 2 is 2.04 bits per heavy atom. The third kappa shape index (κ3) is 3.68. The van der Waals surface area contributed by atoms with E-state index in [1.807, 2.05) is 0 Å². The van der Waals surface area contributed by atoms with Gasteiger partial charge in [-0.1, -0.05) is 0 Å². The number of Topliss-reactive ketones (excluding diaryl/α,β-unsaturated/α-hetero) is 1. The molecule has 0 radical (unpaired) electrons. The highest BCUT2D eigenvalue weighted by atomic mass is 32.1. The zero-order chi connectivity index (χ0) is 16.2. The van der Waals surface area contributed by atoms with Gasteiger partial charge in [0.15, 0.2) is 29.6 Å². The van der Waals surface area contributed by atoms with Gasteiger partial charge in [-0.3, -0.25) is 4.79 Å². The van der Waals surface area contributed by atoms with Gasteiger partial charge in [0.1, 0.15) is 0 Å². The summed E-state index contributed by atoms with van der Waals surface area (Å²) in [4.78, 5) is 28.0. The number of rotatable bonds is 4. The lowest BCUT2D eigenvalue weighted by molar-refractivity contribution is 0.0469. The fourth-order valence-corrected chi connectivity index (χ4v) is 2.66. The van der Waals surface area contributed by atoms with Crippen molar-refractivity contribution in [3.05, 3.63) is 39.8 Å². The average molecular weight is 333 g/mol. The molecule has 0 N–H and O–H groups in total. The number of aryl methyl sites for hydroxylation is 1. The molecular weight excluding hydrogens is 318 g/mol. The molecule has 7 heteroatoms. The van der Waals surface area contributed by atoms with Crippen molar-refractivity contribution in [1.29, 1.82) is 0 Å². The summed E-state index contributed by atoms with van der Waals surface area (Å²) in [7, 11) is 0. The second-order valence-corrected chi connectivity index (χ2v) is 6.03. The molecule has 6 nitrogen and oxygen atoms in total. The van der Waals surface area contributed by atoms with Crippen LogP contribution in [0.25, 0.3) is 0 Å². The molecule has 0 saturated heterocycles. The minimum absolute atomic E-state index is 0.221. The van der Waals surface area contributed by atoms with E-state index < -0.39 is 5.97 Å². The average Bonchev–Trinajstić information content (AvgIpc) is 2.85. The first-order valence-corrected chi connectivity index (χ1v) is 8.03. The molecule has 3 rings (SSSR count). The number of hydrogen-bond acceptors (Lipinski definition) is 7. The molecule has 120 valence electrons. The summed E-state index contributed by atoms with van der Waals surface area (Å²) < 4.78 is 16.1. The van der Waals surface area contributed by atoms with Crippen LogP contribution in [0.15, 0.2) is 23.6 Å².